The van der Waals surface area contributed by atoms with Crippen LogP contribution >= 0.6 is 0 Å². The third kappa shape index (κ3) is 2.95. The van der Waals surface area contributed by atoms with Crippen molar-refractivity contribution in [2.24, 2.45) is 0 Å². The van der Waals surface area contributed by atoms with Crippen molar-refractivity contribution in [1.29, 1.82) is 0 Å². The summed E-state index contributed by atoms with van der Waals surface area (Å²) < 4.78 is 12.8. The number of carbonyl (C=O) groups excluding carboxylic acids is 1. The molecule has 1 fully saturated rings. The van der Waals surface area contributed by atoms with Gasteiger partial charge in [0.2, 0.25) is 5.91 Å². The summed E-state index contributed by atoms with van der Waals surface area (Å²) in [4.78, 5) is 11.4. The predicted molar refractivity (Wildman–Crippen MR) is 60.8 cm³/mol. The summed E-state index contributed by atoms with van der Waals surface area (Å²) in [6.45, 7) is 2.05. The van der Waals surface area contributed by atoms with Gasteiger partial charge in [-0.2, -0.15) is 0 Å². The van der Waals surface area contributed by atoms with E-state index in [-0.39, 0.29) is 18.3 Å². The topological polar surface area (TPSA) is 41.1 Å². The first-order chi connectivity index (χ1) is 7.65. The highest BCUT2D eigenvalue weighted by Crippen LogP contribution is 2.18. The van der Waals surface area contributed by atoms with E-state index in [0.29, 0.717) is 6.04 Å². The zero-order valence-electron chi connectivity index (χ0n) is 9.22. The minimum absolute atomic E-state index is 0.00812. The van der Waals surface area contributed by atoms with Crippen molar-refractivity contribution in [3.05, 3.63) is 29.6 Å². The van der Waals surface area contributed by atoms with Crippen molar-refractivity contribution >= 4 is 11.6 Å². The maximum absolute atomic E-state index is 12.8. The molecule has 1 aromatic rings. The Balaban J connectivity index is 1.85. The Morgan fingerprint density at radius 1 is 1.50 bits per heavy atom. The molecule has 1 aliphatic rings. The summed E-state index contributed by atoms with van der Waals surface area (Å²) in [5.41, 5.74) is 1.60. The fraction of sp³-hybridized carbons (Fsp3) is 0.417. The number of hydrogen-bond donors (Lipinski definition) is 2. The molecule has 1 aliphatic carbocycles. The first-order valence-corrected chi connectivity index (χ1v) is 5.44. The fourth-order valence-corrected chi connectivity index (χ4v) is 1.51. The molecule has 0 saturated heterocycles. The van der Waals surface area contributed by atoms with E-state index in [1.165, 1.54) is 12.1 Å². The van der Waals surface area contributed by atoms with Gasteiger partial charge in [0, 0.05) is 11.7 Å². The molecule has 0 heterocycles. The number of benzene rings is 1. The SMILES string of the molecule is Cc1cc(F)ccc1NCC(=O)NC1CC1. The van der Waals surface area contributed by atoms with Gasteiger partial charge in [-0.15, -0.1) is 0 Å². The maximum Gasteiger partial charge on any atom is 0.239 e. The van der Waals surface area contributed by atoms with Gasteiger partial charge in [-0.3, -0.25) is 4.79 Å². The Bertz CT molecular complexity index is 402. The molecule has 0 radical (unpaired) electrons. The van der Waals surface area contributed by atoms with Crippen LogP contribution in [0.5, 0.6) is 0 Å². The lowest BCUT2D eigenvalue weighted by Gasteiger charge is -2.09. The van der Waals surface area contributed by atoms with Gasteiger partial charge < -0.3 is 10.6 Å². The normalized spacial score (nSPS) is 14.6. The largest absolute Gasteiger partial charge is 0.376 e. The van der Waals surface area contributed by atoms with E-state index < -0.39 is 0 Å². The molecule has 2 rings (SSSR count). The van der Waals surface area contributed by atoms with Crippen molar-refractivity contribution in [2.45, 2.75) is 25.8 Å². The molecule has 0 bridgehead atoms. The molecule has 0 aliphatic heterocycles. The van der Waals surface area contributed by atoms with Crippen LogP contribution in [0.4, 0.5) is 10.1 Å². The first-order valence-electron chi connectivity index (χ1n) is 5.44. The third-order valence-electron chi connectivity index (χ3n) is 2.57. The predicted octanol–water partition coefficient (Wildman–Crippen LogP) is 1.82. The molecule has 2 N–H and O–H groups in total. The molecule has 16 heavy (non-hydrogen) atoms. The first kappa shape index (κ1) is 10.9. The Kier molecular flexibility index (Phi) is 3.08. The number of nitrogens with one attached hydrogen (secondary N) is 2. The van der Waals surface area contributed by atoms with E-state index in [1.807, 2.05) is 6.92 Å². The highest BCUT2D eigenvalue weighted by Gasteiger charge is 2.22. The smallest absolute Gasteiger partial charge is 0.239 e. The van der Waals surface area contributed by atoms with Crippen molar-refractivity contribution < 1.29 is 9.18 Å². The lowest BCUT2D eigenvalue weighted by Crippen LogP contribution is -2.31. The van der Waals surface area contributed by atoms with Crippen LogP contribution in [-0.2, 0) is 4.79 Å². The zero-order valence-corrected chi connectivity index (χ0v) is 9.22. The quantitative estimate of drug-likeness (QED) is 0.816. The number of carbonyl (C=O) groups is 1. The van der Waals surface area contributed by atoms with Gasteiger partial charge in [-0.05, 0) is 43.5 Å². The Morgan fingerprint density at radius 2 is 2.25 bits per heavy atom. The van der Waals surface area contributed by atoms with Gasteiger partial charge in [0.15, 0.2) is 0 Å². The molecule has 4 heteroatoms. The van der Waals surface area contributed by atoms with Gasteiger partial charge in [-0.25, -0.2) is 4.39 Å². The second-order valence-corrected chi connectivity index (χ2v) is 4.15. The summed E-state index contributed by atoms with van der Waals surface area (Å²) in [5.74, 6) is -0.267. The van der Waals surface area contributed by atoms with Crippen molar-refractivity contribution in [3.63, 3.8) is 0 Å². The summed E-state index contributed by atoms with van der Waals surface area (Å²) in [7, 11) is 0. The van der Waals surface area contributed by atoms with E-state index in [1.54, 1.807) is 6.07 Å². The molecule has 1 amide bonds. The molecular weight excluding hydrogens is 207 g/mol. The molecule has 0 unspecified atom stereocenters. The van der Waals surface area contributed by atoms with Gasteiger partial charge in [0.1, 0.15) is 5.82 Å². The van der Waals surface area contributed by atoms with Crippen molar-refractivity contribution in [3.8, 4) is 0 Å². The second-order valence-electron chi connectivity index (χ2n) is 4.15. The van der Waals surface area contributed by atoms with Crippen molar-refractivity contribution in [2.75, 3.05) is 11.9 Å². The van der Waals surface area contributed by atoms with Crippen LogP contribution in [0, 0.1) is 12.7 Å². The van der Waals surface area contributed by atoms with Gasteiger partial charge in [0.05, 0.1) is 6.54 Å². The van der Waals surface area contributed by atoms with Crippen LogP contribution in [0.15, 0.2) is 18.2 Å². The average molecular weight is 222 g/mol. The van der Waals surface area contributed by atoms with Crippen LogP contribution in [-0.4, -0.2) is 18.5 Å². The van der Waals surface area contributed by atoms with E-state index in [2.05, 4.69) is 10.6 Å². The van der Waals surface area contributed by atoms with Crippen molar-refractivity contribution in [1.82, 2.24) is 5.32 Å². The second kappa shape index (κ2) is 4.51. The van der Waals surface area contributed by atoms with Crippen LogP contribution in [0.25, 0.3) is 0 Å². The number of hydrogen-bond acceptors (Lipinski definition) is 2. The van der Waals surface area contributed by atoms with Gasteiger partial charge in [0.25, 0.3) is 0 Å². The summed E-state index contributed by atoms with van der Waals surface area (Å²) >= 11 is 0. The van der Waals surface area contributed by atoms with Crippen LogP contribution in [0.3, 0.4) is 0 Å². The molecule has 0 atom stereocenters. The lowest BCUT2D eigenvalue weighted by atomic mass is 10.2. The van der Waals surface area contributed by atoms with E-state index in [4.69, 9.17) is 0 Å². The Hall–Kier alpha value is -1.58. The minimum Gasteiger partial charge on any atom is -0.376 e. The molecule has 86 valence electrons. The van der Waals surface area contributed by atoms with Gasteiger partial charge >= 0.3 is 0 Å². The number of halogens is 1. The number of anilines is 1. The summed E-state index contributed by atoms with van der Waals surface area (Å²) in [6.07, 6.45) is 2.17. The summed E-state index contributed by atoms with van der Waals surface area (Å²) in [5, 5.41) is 5.87. The monoisotopic (exact) mass is 222 g/mol. The molecular formula is C12H15FN2O. The van der Waals surface area contributed by atoms with Crippen LogP contribution < -0.4 is 10.6 Å². The summed E-state index contributed by atoms with van der Waals surface area (Å²) in [6, 6.07) is 4.85. The van der Waals surface area contributed by atoms with E-state index in [9.17, 15) is 9.18 Å². The number of amides is 1. The Labute approximate surface area is 94.0 Å². The maximum atomic E-state index is 12.8. The molecule has 1 aromatic carbocycles. The number of rotatable bonds is 4. The zero-order chi connectivity index (χ0) is 11.5. The van der Waals surface area contributed by atoms with E-state index >= 15 is 0 Å². The average Bonchev–Trinajstić information content (AvgIpc) is 3.00. The van der Waals surface area contributed by atoms with Crippen LogP contribution in [0.1, 0.15) is 18.4 Å². The molecule has 3 nitrogen and oxygen atoms in total. The minimum atomic E-state index is -0.259. The standard InChI is InChI=1S/C12H15FN2O/c1-8-6-9(13)2-5-11(8)14-7-12(16)15-10-3-4-10/h2,5-6,10,14H,3-4,7H2,1H3,(H,15,16). The molecule has 0 spiro atoms. The lowest BCUT2D eigenvalue weighted by molar-refractivity contribution is -0.119. The Morgan fingerprint density at radius 3 is 2.88 bits per heavy atom. The fourth-order valence-electron chi connectivity index (χ4n) is 1.51. The van der Waals surface area contributed by atoms with Gasteiger partial charge in [-0.1, -0.05) is 0 Å². The highest BCUT2D eigenvalue weighted by atomic mass is 19.1. The van der Waals surface area contributed by atoms with E-state index in [0.717, 1.165) is 24.1 Å². The number of aryl methyl sites for hydroxylation is 1. The molecule has 0 aromatic heterocycles. The van der Waals surface area contributed by atoms with Crippen LogP contribution in [0.2, 0.25) is 0 Å². The molecule has 1 saturated carbocycles. The third-order valence-corrected chi connectivity index (χ3v) is 2.57. The highest BCUT2D eigenvalue weighted by molar-refractivity contribution is 5.81.